The first kappa shape index (κ1) is 24.8. The molecular weight excluding hydrogens is 416 g/mol. The molecule has 0 aliphatic heterocycles. The SMILES string of the molecule is CC[C@@]1(C)C[C@@H](O)[C@@]2(C)C3C(=O)CC[C@@]3(CC[C@H]2CO)[C@H](C)[C@@H]1OCOCc1ccccc1. The first-order chi connectivity index (χ1) is 15.7. The third-order valence-corrected chi connectivity index (χ3v) is 10.1. The molecule has 8 atom stereocenters. The number of benzene rings is 1. The minimum Gasteiger partial charge on any atom is -0.396 e. The Bertz CT molecular complexity index is 827. The summed E-state index contributed by atoms with van der Waals surface area (Å²) in [7, 11) is 0. The quantitative estimate of drug-likeness (QED) is 0.456. The van der Waals surface area contributed by atoms with Gasteiger partial charge in [-0.15, -0.1) is 0 Å². The van der Waals surface area contributed by atoms with Crippen molar-refractivity contribution in [1.82, 2.24) is 0 Å². The molecule has 184 valence electrons. The maximum Gasteiger partial charge on any atom is 0.147 e. The zero-order valence-electron chi connectivity index (χ0n) is 20.8. The van der Waals surface area contributed by atoms with E-state index < -0.39 is 11.5 Å². The van der Waals surface area contributed by atoms with Crippen LogP contribution in [0.3, 0.4) is 0 Å². The lowest BCUT2D eigenvalue weighted by Crippen LogP contribution is -2.63. The van der Waals surface area contributed by atoms with Gasteiger partial charge in [0.25, 0.3) is 0 Å². The Morgan fingerprint density at radius 1 is 1.15 bits per heavy atom. The van der Waals surface area contributed by atoms with Crippen molar-refractivity contribution in [2.75, 3.05) is 13.4 Å². The Kier molecular flexibility index (Phi) is 7.08. The van der Waals surface area contributed by atoms with E-state index in [0.29, 0.717) is 19.4 Å². The van der Waals surface area contributed by atoms with Gasteiger partial charge in [-0.25, -0.2) is 0 Å². The Morgan fingerprint density at radius 3 is 2.55 bits per heavy atom. The van der Waals surface area contributed by atoms with Crippen molar-refractivity contribution in [3.63, 3.8) is 0 Å². The normalized spacial score (nSPS) is 43.1. The molecule has 4 rings (SSSR count). The van der Waals surface area contributed by atoms with Crippen LogP contribution in [0.2, 0.25) is 0 Å². The average Bonchev–Trinajstić information content (AvgIpc) is 3.17. The van der Waals surface area contributed by atoms with Crippen molar-refractivity contribution in [2.45, 2.75) is 85.0 Å². The third-order valence-electron chi connectivity index (χ3n) is 10.1. The first-order valence-electron chi connectivity index (χ1n) is 12.8. The minimum absolute atomic E-state index is 0.0257. The molecule has 5 heteroatoms. The lowest BCUT2D eigenvalue weighted by Gasteiger charge is -2.62. The molecule has 3 aliphatic carbocycles. The van der Waals surface area contributed by atoms with Crippen molar-refractivity contribution < 1.29 is 24.5 Å². The number of rotatable bonds is 7. The molecule has 0 heterocycles. The van der Waals surface area contributed by atoms with Crippen LogP contribution in [0, 0.1) is 34.0 Å². The molecule has 3 aliphatic rings. The van der Waals surface area contributed by atoms with E-state index in [-0.39, 0.29) is 53.9 Å². The lowest BCUT2D eigenvalue weighted by molar-refractivity contribution is -0.231. The summed E-state index contributed by atoms with van der Waals surface area (Å²) in [5.41, 5.74) is 0.0648. The number of aliphatic hydroxyl groups is 2. The fourth-order valence-electron chi connectivity index (χ4n) is 7.89. The molecule has 3 fully saturated rings. The van der Waals surface area contributed by atoms with Crippen molar-refractivity contribution in [3.8, 4) is 0 Å². The van der Waals surface area contributed by atoms with Gasteiger partial charge in [-0.2, -0.15) is 0 Å². The van der Waals surface area contributed by atoms with Crippen LogP contribution >= 0.6 is 0 Å². The first-order valence-corrected chi connectivity index (χ1v) is 12.8. The minimum atomic E-state index is -0.657. The Morgan fingerprint density at radius 2 is 1.88 bits per heavy atom. The van der Waals surface area contributed by atoms with Crippen LogP contribution in [0.25, 0.3) is 0 Å². The molecule has 2 N–H and O–H groups in total. The molecule has 0 amide bonds. The largest absolute Gasteiger partial charge is 0.396 e. The summed E-state index contributed by atoms with van der Waals surface area (Å²) in [6.45, 7) is 9.44. The van der Waals surface area contributed by atoms with E-state index in [9.17, 15) is 15.0 Å². The summed E-state index contributed by atoms with van der Waals surface area (Å²) in [5.74, 6) is 0.151. The topological polar surface area (TPSA) is 76.0 Å². The summed E-state index contributed by atoms with van der Waals surface area (Å²) < 4.78 is 12.4. The van der Waals surface area contributed by atoms with Gasteiger partial charge in [0.1, 0.15) is 12.6 Å². The monoisotopic (exact) mass is 458 g/mol. The summed E-state index contributed by atoms with van der Waals surface area (Å²) in [6, 6.07) is 10.1. The molecule has 2 bridgehead atoms. The van der Waals surface area contributed by atoms with Crippen LogP contribution in [0.15, 0.2) is 30.3 Å². The predicted octanol–water partition coefficient (Wildman–Crippen LogP) is 4.74. The van der Waals surface area contributed by atoms with Crippen LogP contribution in [-0.2, 0) is 20.9 Å². The van der Waals surface area contributed by atoms with Gasteiger partial charge >= 0.3 is 0 Å². The number of Topliss-reactive ketones (excluding diaryl/α,β-unsaturated/α-hetero) is 1. The maximum atomic E-state index is 13.3. The van der Waals surface area contributed by atoms with Crippen LogP contribution in [-0.4, -0.2) is 41.6 Å². The number of aliphatic hydroxyl groups excluding tert-OH is 2. The number of carbonyl (C=O) groups excluding carboxylic acids is 1. The summed E-state index contributed by atoms with van der Waals surface area (Å²) in [6.07, 6.45) is 3.82. The predicted molar refractivity (Wildman–Crippen MR) is 127 cm³/mol. The highest BCUT2D eigenvalue weighted by Gasteiger charge is 2.68. The Hall–Kier alpha value is -1.27. The van der Waals surface area contributed by atoms with Crippen LogP contribution < -0.4 is 0 Å². The van der Waals surface area contributed by atoms with E-state index in [0.717, 1.165) is 31.2 Å². The van der Waals surface area contributed by atoms with E-state index in [4.69, 9.17) is 9.47 Å². The van der Waals surface area contributed by atoms with Gasteiger partial charge in [-0.1, -0.05) is 58.0 Å². The second-order valence-corrected chi connectivity index (χ2v) is 11.5. The maximum absolute atomic E-state index is 13.3. The number of ether oxygens (including phenoxy) is 2. The van der Waals surface area contributed by atoms with Crippen LogP contribution in [0.5, 0.6) is 0 Å². The van der Waals surface area contributed by atoms with Crippen LogP contribution in [0.4, 0.5) is 0 Å². The molecule has 0 radical (unpaired) electrons. The molecule has 0 spiro atoms. The van der Waals surface area contributed by atoms with Gasteiger partial charge in [-0.05, 0) is 60.3 Å². The molecule has 33 heavy (non-hydrogen) atoms. The van der Waals surface area contributed by atoms with E-state index in [1.165, 1.54) is 0 Å². The van der Waals surface area contributed by atoms with E-state index in [2.05, 4.69) is 27.7 Å². The number of ketones is 1. The van der Waals surface area contributed by atoms with E-state index in [1.54, 1.807) is 0 Å². The van der Waals surface area contributed by atoms with E-state index in [1.807, 2.05) is 30.3 Å². The van der Waals surface area contributed by atoms with Gasteiger partial charge < -0.3 is 19.7 Å². The van der Waals surface area contributed by atoms with Crippen molar-refractivity contribution in [2.24, 2.45) is 34.0 Å². The molecular formula is C28H42O5. The smallest absolute Gasteiger partial charge is 0.147 e. The van der Waals surface area contributed by atoms with E-state index >= 15 is 0 Å². The highest BCUT2D eigenvalue weighted by molar-refractivity contribution is 5.85. The van der Waals surface area contributed by atoms with Crippen molar-refractivity contribution in [3.05, 3.63) is 35.9 Å². The number of carbonyl (C=O) groups is 1. The second-order valence-electron chi connectivity index (χ2n) is 11.5. The van der Waals surface area contributed by atoms with Crippen molar-refractivity contribution >= 4 is 5.78 Å². The zero-order valence-corrected chi connectivity index (χ0v) is 20.8. The average molecular weight is 459 g/mol. The second kappa shape index (κ2) is 9.41. The molecule has 1 unspecified atom stereocenters. The van der Waals surface area contributed by atoms with Gasteiger partial charge in [0.2, 0.25) is 0 Å². The number of hydrogen-bond donors (Lipinski definition) is 2. The highest BCUT2D eigenvalue weighted by Crippen LogP contribution is 2.68. The highest BCUT2D eigenvalue weighted by atomic mass is 16.7. The van der Waals surface area contributed by atoms with Gasteiger partial charge in [0.05, 0.1) is 18.8 Å². The molecule has 0 saturated heterocycles. The Balaban J connectivity index is 1.63. The van der Waals surface area contributed by atoms with Gasteiger partial charge in [-0.3, -0.25) is 4.79 Å². The van der Waals surface area contributed by atoms with Crippen LogP contribution in [0.1, 0.15) is 71.8 Å². The molecule has 5 nitrogen and oxygen atoms in total. The molecule has 1 aromatic rings. The molecule has 3 saturated carbocycles. The summed E-state index contributed by atoms with van der Waals surface area (Å²) in [4.78, 5) is 13.3. The summed E-state index contributed by atoms with van der Waals surface area (Å²) >= 11 is 0. The lowest BCUT2D eigenvalue weighted by atomic mass is 9.43. The fraction of sp³-hybridized carbons (Fsp3) is 0.750. The number of hydrogen-bond acceptors (Lipinski definition) is 5. The standard InChI is InChI=1S/C28H42O5/c1-5-26(3)15-23(31)27(4)21(16-29)11-13-28(14-12-22(30)24(27)28)19(2)25(26)33-18-32-17-20-9-7-6-8-10-20/h6-10,19,21,23-25,29,31H,5,11-18H2,1-4H3/t19-,21+,23-,24?,25+,26+,27+,28+/m1/s1. The zero-order chi connectivity index (χ0) is 23.9. The molecule has 1 aromatic carbocycles. The van der Waals surface area contributed by atoms with Crippen molar-refractivity contribution in [1.29, 1.82) is 0 Å². The molecule has 0 aromatic heterocycles. The summed E-state index contributed by atoms with van der Waals surface area (Å²) in [5, 5.41) is 21.9. The van der Waals surface area contributed by atoms with Gasteiger partial charge in [0.15, 0.2) is 0 Å². The van der Waals surface area contributed by atoms with Gasteiger partial charge in [0, 0.05) is 24.4 Å². The Labute approximate surface area is 198 Å². The fourth-order valence-corrected chi connectivity index (χ4v) is 7.89. The third kappa shape index (κ3) is 3.99.